The molecular weight excluding hydrogens is 554 g/mol. The number of Topliss-reactive ketones (excluding diaryl/α,β-unsaturated/α-hetero) is 1. The van der Waals surface area contributed by atoms with Crippen molar-refractivity contribution in [2.45, 2.75) is 96.8 Å². The van der Waals surface area contributed by atoms with Crippen LogP contribution in [0.2, 0.25) is 0 Å². The topological polar surface area (TPSA) is 82.1 Å². The van der Waals surface area contributed by atoms with E-state index in [-0.39, 0.29) is 52.3 Å². The first kappa shape index (κ1) is 29.9. The van der Waals surface area contributed by atoms with Crippen LogP contribution in [0.1, 0.15) is 89.4 Å². The molecule has 0 unspecified atom stereocenters. The lowest BCUT2D eigenvalue weighted by molar-refractivity contribution is -0.182. The highest BCUT2D eigenvalue weighted by molar-refractivity contribution is 6.18. The Kier molecular flexibility index (Phi) is 7.44. The summed E-state index contributed by atoms with van der Waals surface area (Å²) < 4.78 is 12.2. The predicted molar refractivity (Wildman–Crippen MR) is 165 cm³/mol. The summed E-state index contributed by atoms with van der Waals surface area (Å²) in [4.78, 5) is 44.6. The number of hydrogen-bond donors (Lipinski definition) is 0. The number of ether oxygens (including phenoxy) is 2. The molecule has 236 valence electrons. The number of carbonyl (C=O) groups is 3. The minimum Gasteiger partial charge on any atom is -0.465 e. The van der Waals surface area contributed by atoms with Gasteiger partial charge in [0, 0.05) is 18.9 Å². The van der Waals surface area contributed by atoms with E-state index in [9.17, 15) is 14.4 Å². The van der Waals surface area contributed by atoms with Crippen molar-refractivity contribution in [3.63, 3.8) is 0 Å². The molecule has 2 heterocycles. The van der Waals surface area contributed by atoms with Gasteiger partial charge in [0.2, 0.25) is 0 Å². The Morgan fingerprint density at radius 2 is 1.82 bits per heavy atom. The van der Waals surface area contributed by atoms with Gasteiger partial charge in [-0.1, -0.05) is 56.2 Å². The molecule has 0 aromatic heterocycles. The Hall–Kier alpha value is -2.77. The minimum atomic E-state index is -0.493. The number of piperidine rings is 1. The van der Waals surface area contributed by atoms with Crippen molar-refractivity contribution >= 4 is 17.7 Å². The quantitative estimate of drug-likeness (QED) is 0.223. The van der Waals surface area contributed by atoms with Crippen molar-refractivity contribution in [1.29, 1.82) is 0 Å². The fourth-order valence-electron chi connectivity index (χ4n) is 10.6. The highest BCUT2D eigenvalue weighted by Crippen LogP contribution is 2.64. The fraction of sp³-hybridized carbons (Fsp3) is 0.649. The van der Waals surface area contributed by atoms with E-state index >= 15 is 0 Å². The Balaban J connectivity index is 1.15. The molecule has 0 radical (unpaired) electrons. The van der Waals surface area contributed by atoms with Gasteiger partial charge < -0.3 is 14.3 Å². The van der Waals surface area contributed by atoms with Crippen molar-refractivity contribution in [2.24, 2.45) is 40.9 Å². The molecule has 1 aromatic rings. The second kappa shape index (κ2) is 10.9. The van der Waals surface area contributed by atoms with Gasteiger partial charge in [-0.05, 0) is 99.0 Å². The molecular formula is C37H47NO6. The number of fused-ring (bicyclic) bond motifs is 6. The average Bonchev–Trinajstić information content (AvgIpc) is 3.47. The maximum atomic E-state index is 13.1. The molecule has 7 nitrogen and oxygen atoms in total. The number of allylic oxidation sites excluding steroid dienone is 2. The lowest BCUT2D eigenvalue weighted by Crippen LogP contribution is -2.52. The molecule has 1 spiro atoms. The van der Waals surface area contributed by atoms with E-state index in [0.29, 0.717) is 35.7 Å². The van der Waals surface area contributed by atoms with Gasteiger partial charge in [0.05, 0.1) is 36.0 Å². The van der Waals surface area contributed by atoms with Crippen molar-refractivity contribution in [2.75, 3.05) is 13.7 Å². The number of hydrogen-bond acceptors (Lipinski definition) is 7. The van der Waals surface area contributed by atoms with E-state index < -0.39 is 5.97 Å². The van der Waals surface area contributed by atoms with E-state index in [4.69, 9.17) is 14.3 Å². The Bertz CT molecular complexity index is 1420. The molecule has 0 amide bonds. The van der Waals surface area contributed by atoms with Crippen molar-refractivity contribution < 1.29 is 28.7 Å². The summed E-state index contributed by atoms with van der Waals surface area (Å²) in [6.07, 6.45) is 9.65. The minimum absolute atomic E-state index is 0.0387. The molecule has 4 fully saturated rings. The summed E-state index contributed by atoms with van der Waals surface area (Å²) in [5, 5.41) is 1.95. The van der Waals surface area contributed by atoms with E-state index in [2.05, 4.69) is 27.7 Å². The van der Waals surface area contributed by atoms with Gasteiger partial charge in [-0.15, -0.1) is 5.06 Å². The summed E-state index contributed by atoms with van der Waals surface area (Å²) in [7, 11) is 1.36. The first-order valence-electron chi connectivity index (χ1n) is 16.8. The summed E-state index contributed by atoms with van der Waals surface area (Å²) in [6.45, 7) is 9.88. The zero-order chi connectivity index (χ0) is 31.0. The monoisotopic (exact) mass is 601 g/mol. The summed E-state index contributed by atoms with van der Waals surface area (Å²) >= 11 is 0. The van der Waals surface area contributed by atoms with Gasteiger partial charge in [0.1, 0.15) is 0 Å². The maximum Gasteiger partial charge on any atom is 0.357 e. The molecule has 0 N–H and O–H groups in total. The van der Waals surface area contributed by atoms with Crippen LogP contribution in [0.15, 0.2) is 53.1 Å². The van der Waals surface area contributed by atoms with E-state index in [0.717, 1.165) is 51.5 Å². The van der Waals surface area contributed by atoms with Crippen LogP contribution in [0, 0.1) is 40.9 Å². The van der Waals surface area contributed by atoms with Crippen molar-refractivity contribution in [1.82, 2.24) is 5.06 Å². The third-order valence-electron chi connectivity index (χ3n) is 12.8. The molecule has 2 aliphatic heterocycles. The van der Waals surface area contributed by atoms with Crippen LogP contribution in [0.3, 0.4) is 0 Å². The third-order valence-corrected chi connectivity index (χ3v) is 12.8. The molecule has 2 saturated heterocycles. The molecule has 2 saturated carbocycles. The van der Waals surface area contributed by atoms with Gasteiger partial charge in [-0.25, -0.2) is 9.59 Å². The summed E-state index contributed by atoms with van der Waals surface area (Å²) in [5.41, 5.74) is 3.42. The van der Waals surface area contributed by atoms with E-state index in [1.165, 1.54) is 12.7 Å². The summed E-state index contributed by atoms with van der Waals surface area (Å²) in [6, 6.07) is 9.30. The average molecular weight is 602 g/mol. The molecule has 7 heteroatoms. The molecule has 1 aromatic carbocycles. The second-order valence-electron chi connectivity index (χ2n) is 15.1. The Morgan fingerprint density at radius 1 is 1.05 bits per heavy atom. The molecule has 44 heavy (non-hydrogen) atoms. The standard InChI is InChI=1S/C37H47NO6/c1-21-15-32-33(38(20-21)44-34(40)24-9-7-6-8-10-24)23(3)37(43-32)14-13-26-27-12-11-25-16-31(39)29(35(41)42-5)19-36(25,4)30(27)17-28(26)22(2)18-37/h6-10,19,21,23,25-27,30,32-33H,11-18,20H2,1-5H3/t21-,23+,25+,26-,27-,30-,32+,33-,36-,37-/m0/s1. The van der Waals surface area contributed by atoms with Gasteiger partial charge in [-0.3, -0.25) is 4.79 Å². The molecule has 4 aliphatic carbocycles. The van der Waals surface area contributed by atoms with Crippen LogP contribution in [0.5, 0.6) is 0 Å². The lowest BCUT2D eigenvalue weighted by Gasteiger charge is -2.50. The van der Waals surface area contributed by atoms with Crippen LogP contribution in [-0.2, 0) is 23.9 Å². The number of hydroxylamine groups is 2. The number of benzene rings is 1. The predicted octanol–water partition coefficient (Wildman–Crippen LogP) is 6.48. The Labute approximate surface area is 261 Å². The number of esters is 1. The third kappa shape index (κ3) is 4.63. The number of ketones is 1. The van der Waals surface area contributed by atoms with Crippen LogP contribution < -0.4 is 0 Å². The van der Waals surface area contributed by atoms with Gasteiger partial charge in [0.15, 0.2) is 5.78 Å². The smallest absolute Gasteiger partial charge is 0.357 e. The Morgan fingerprint density at radius 3 is 2.57 bits per heavy atom. The zero-order valence-electron chi connectivity index (χ0n) is 26.8. The molecule has 10 atom stereocenters. The van der Waals surface area contributed by atoms with Crippen LogP contribution >= 0.6 is 0 Å². The highest BCUT2D eigenvalue weighted by Gasteiger charge is 2.61. The number of methoxy groups -OCH3 is 1. The first-order chi connectivity index (χ1) is 21.0. The van der Waals surface area contributed by atoms with Gasteiger partial charge in [-0.2, -0.15) is 0 Å². The molecule has 0 bridgehead atoms. The van der Waals surface area contributed by atoms with Crippen LogP contribution in [-0.4, -0.2) is 54.2 Å². The zero-order valence-corrected chi connectivity index (χ0v) is 26.8. The maximum absolute atomic E-state index is 13.1. The molecule has 7 rings (SSSR count). The normalized spacial score (nSPS) is 41.7. The number of nitrogens with zero attached hydrogens (tertiary/aromatic N) is 1. The molecule has 6 aliphatic rings. The number of rotatable bonds is 3. The summed E-state index contributed by atoms with van der Waals surface area (Å²) in [5.74, 6) is 1.50. The SMILES string of the molecule is COC(=O)C1=C[C@@]2(C)[C@H](CC[C@H]3[C@@H]4CC[C@@]5(CC(C)=C4C[C@@H]32)O[C@@H]2C[C@H](C)CN(OC(=O)c3ccccc3)[C@H]2[C@H]5C)CC1=O. The second-order valence-corrected chi connectivity index (χ2v) is 15.1. The van der Waals surface area contributed by atoms with Crippen molar-refractivity contribution in [3.05, 3.63) is 58.7 Å². The lowest BCUT2D eigenvalue weighted by atomic mass is 9.53. The van der Waals surface area contributed by atoms with Gasteiger partial charge in [0.25, 0.3) is 0 Å². The van der Waals surface area contributed by atoms with Crippen LogP contribution in [0.4, 0.5) is 0 Å². The van der Waals surface area contributed by atoms with E-state index in [1.54, 1.807) is 17.7 Å². The van der Waals surface area contributed by atoms with Crippen LogP contribution in [0.25, 0.3) is 0 Å². The van der Waals surface area contributed by atoms with Crippen molar-refractivity contribution in [3.8, 4) is 0 Å². The van der Waals surface area contributed by atoms with Gasteiger partial charge >= 0.3 is 11.9 Å². The number of carbonyl (C=O) groups excluding carboxylic acids is 3. The van der Waals surface area contributed by atoms with E-state index in [1.807, 2.05) is 29.3 Å². The fourth-order valence-corrected chi connectivity index (χ4v) is 10.6. The largest absolute Gasteiger partial charge is 0.465 e. The first-order valence-corrected chi connectivity index (χ1v) is 16.8. The highest BCUT2D eigenvalue weighted by atomic mass is 16.7.